The van der Waals surface area contributed by atoms with Crippen LogP contribution in [0.3, 0.4) is 0 Å². The number of rotatable bonds is 4. The van der Waals surface area contributed by atoms with E-state index in [1.165, 1.54) is 10.4 Å². The van der Waals surface area contributed by atoms with Crippen molar-refractivity contribution in [1.29, 1.82) is 0 Å². The molecule has 0 aromatic rings. The molecule has 0 aromatic carbocycles. The fraction of sp³-hybridized carbons (Fsp3) is 0.769. The average molecular weight is 287 g/mol. The van der Waals surface area contributed by atoms with Gasteiger partial charge in [-0.2, -0.15) is 4.31 Å². The van der Waals surface area contributed by atoms with Gasteiger partial charge in [-0.1, -0.05) is 25.3 Å². The van der Waals surface area contributed by atoms with Crippen LogP contribution >= 0.6 is 0 Å². The van der Waals surface area contributed by atoms with E-state index in [4.69, 9.17) is 5.11 Å². The highest BCUT2D eigenvalue weighted by molar-refractivity contribution is 7.89. The second-order valence-corrected chi connectivity index (χ2v) is 7.49. The Morgan fingerprint density at radius 1 is 1.11 bits per heavy atom. The normalized spacial score (nSPS) is 27.1. The van der Waals surface area contributed by atoms with Crippen LogP contribution in [0.2, 0.25) is 0 Å². The van der Waals surface area contributed by atoms with Gasteiger partial charge in [0.05, 0.1) is 5.25 Å². The Labute approximate surface area is 114 Å². The van der Waals surface area contributed by atoms with Crippen LogP contribution in [-0.4, -0.2) is 41.6 Å². The lowest BCUT2D eigenvalue weighted by Gasteiger charge is -2.29. The van der Waals surface area contributed by atoms with Crippen LogP contribution < -0.4 is 0 Å². The highest BCUT2D eigenvalue weighted by atomic mass is 32.2. The van der Waals surface area contributed by atoms with Gasteiger partial charge in [-0.25, -0.2) is 13.2 Å². The minimum absolute atomic E-state index is 0.264. The summed E-state index contributed by atoms with van der Waals surface area (Å²) in [5.41, 5.74) is 0. The fourth-order valence-electron chi connectivity index (χ4n) is 3.02. The predicted molar refractivity (Wildman–Crippen MR) is 72.3 cm³/mol. The van der Waals surface area contributed by atoms with Gasteiger partial charge in [0.25, 0.3) is 0 Å². The van der Waals surface area contributed by atoms with E-state index in [2.05, 4.69) is 0 Å². The number of carbonyl (C=O) groups is 1. The number of hydrogen-bond donors (Lipinski definition) is 1. The van der Waals surface area contributed by atoms with Crippen molar-refractivity contribution in [3.63, 3.8) is 0 Å². The van der Waals surface area contributed by atoms with Crippen molar-refractivity contribution in [2.75, 3.05) is 6.54 Å². The van der Waals surface area contributed by atoms with E-state index in [1.54, 1.807) is 0 Å². The summed E-state index contributed by atoms with van der Waals surface area (Å²) in [5.74, 6) is -1.03. The third kappa shape index (κ3) is 3.36. The van der Waals surface area contributed by atoms with Gasteiger partial charge >= 0.3 is 5.97 Å². The Kier molecular flexibility index (Phi) is 4.62. The maximum Gasteiger partial charge on any atom is 0.328 e. The quantitative estimate of drug-likeness (QED) is 0.799. The van der Waals surface area contributed by atoms with Crippen LogP contribution in [0.15, 0.2) is 12.2 Å². The third-order valence-corrected chi connectivity index (χ3v) is 6.43. The average Bonchev–Trinajstić information content (AvgIpc) is 2.86. The van der Waals surface area contributed by atoms with Crippen LogP contribution in [0.1, 0.15) is 44.9 Å². The maximum atomic E-state index is 12.6. The molecule has 6 heteroatoms. The van der Waals surface area contributed by atoms with Gasteiger partial charge in [0, 0.05) is 18.7 Å². The predicted octanol–water partition coefficient (Wildman–Crippen LogP) is 1.75. The summed E-state index contributed by atoms with van der Waals surface area (Å²) in [6.07, 6.45) is 8.66. The molecule has 2 aliphatic rings. The summed E-state index contributed by atoms with van der Waals surface area (Å²) in [7, 11) is -3.27. The summed E-state index contributed by atoms with van der Waals surface area (Å²) in [6.45, 7) is 0.521. The Bertz CT molecular complexity index is 451. The minimum atomic E-state index is -3.27. The van der Waals surface area contributed by atoms with Gasteiger partial charge in [-0.15, -0.1) is 0 Å². The van der Waals surface area contributed by atoms with Gasteiger partial charge < -0.3 is 5.11 Å². The minimum Gasteiger partial charge on any atom is -0.478 e. The monoisotopic (exact) mass is 287 g/mol. The first kappa shape index (κ1) is 14.5. The molecule has 0 spiro atoms. The number of nitrogens with zero attached hydrogens (tertiary/aromatic N) is 1. The molecule has 1 unspecified atom stereocenters. The summed E-state index contributed by atoms with van der Waals surface area (Å²) in [6, 6.07) is -0.275. The summed E-state index contributed by atoms with van der Waals surface area (Å²) in [5, 5.41) is 8.39. The molecular weight excluding hydrogens is 266 g/mol. The Morgan fingerprint density at radius 3 is 2.42 bits per heavy atom. The Hall–Kier alpha value is -0.880. The summed E-state index contributed by atoms with van der Waals surface area (Å²) in [4.78, 5) is 10.6. The molecule has 19 heavy (non-hydrogen) atoms. The lowest BCUT2D eigenvalue weighted by Crippen LogP contribution is -2.41. The number of sulfonamides is 1. The molecule has 2 fully saturated rings. The van der Waals surface area contributed by atoms with E-state index in [-0.39, 0.29) is 11.3 Å². The smallest absolute Gasteiger partial charge is 0.328 e. The Balaban J connectivity index is 2.11. The standard InChI is InChI=1S/C13H21NO4S/c15-13(16)9-8-11-5-4-10-14(11)19(17,18)12-6-2-1-3-7-12/h8-9,11-12H,1-7,10H2,(H,15,16). The van der Waals surface area contributed by atoms with Crippen LogP contribution in [-0.2, 0) is 14.8 Å². The first-order valence-electron chi connectivity index (χ1n) is 6.93. The third-order valence-electron chi connectivity index (χ3n) is 4.01. The molecule has 1 aliphatic carbocycles. The zero-order valence-corrected chi connectivity index (χ0v) is 11.8. The molecule has 1 N–H and O–H groups in total. The Morgan fingerprint density at radius 2 is 1.79 bits per heavy atom. The molecule has 0 bridgehead atoms. The number of carboxylic acids is 1. The molecule has 1 saturated carbocycles. The van der Waals surface area contributed by atoms with Crippen LogP contribution in [0.25, 0.3) is 0 Å². The molecule has 1 aliphatic heterocycles. The lowest BCUT2D eigenvalue weighted by molar-refractivity contribution is -0.131. The largest absolute Gasteiger partial charge is 0.478 e. The molecule has 1 saturated heterocycles. The van der Waals surface area contributed by atoms with E-state index >= 15 is 0 Å². The van der Waals surface area contributed by atoms with Crippen molar-refractivity contribution in [3.05, 3.63) is 12.2 Å². The van der Waals surface area contributed by atoms with E-state index in [1.807, 2.05) is 0 Å². The van der Waals surface area contributed by atoms with Gasteiger partial charge in [0.15, 0.2) is 0 Å². The maximum absolute atomic E-state index is 12.6. The zero-order valence-electron chi connectivity index (χ0n) is 11.0. The van der Waals surface area contributed by atoms with E-state index in [0.717, 1.165) is 51.0 Å². The molecule has 5 nitrogen and oxygen atoms in total. The van der Waals surface area contributed by atoms with Crippen LogP contribution in [0.5, 0.6) is 0 Å². The van der Waals surface area contributed by atoms with Crippen molar-refractivity contribution in [1.82, 2.24) is 4.31 Å². The highest BCUT2D eigenvalue weighted by Gasteiger charge is 2.38. The molecule has 1 heterocycles. The van der Waals surface area contributed by atoms with Crippen LogP contribution in [0.4, 0.5) is 0 Å². The van der Waals surface area contributed by atoms with Gasteiger partial charge in [-0.05, 0) is 25.7 Å². The highest BCUT2D eigenvalue weighted by Crippen LogP contribution is 2.31. The number of aliphatic carboxylic acids is 1. The first-order valence-corrected chi connectivity index (χ1v) is 8.44. The van der Waals surface area contributed by atoms with E-state index in [0.29, 0.717) is 6.54 Å². The second kappa shape index (κ2) is 6.05. The SMILES string of the molecule is O=C(O)C=CC1CCCN1S(=O)(=O)C1CCCCC1. The van der Waals surface area contributed by atoms with Crippen molar-refractivity contribution < 1.29 is 18.3 Å². The topological polar surface area (TPSA) is 74.7 Å². The summed E-state index contributed by atoms with van der Waals surface area (Å²) >= 11 is 0. The van der Waals surface area contributed by atoms with Crippen molar-refractivity contribution in [2.24, 2.45) is 0 Å². The van der Waals surface area contributed by atoms with E-state index in [9.17, 15) is 13.2 Å². The number of carboxylic acid groups (broad SMARTS) is 1. The fourth-order valence-corrected chi connectivity index (χ4v) is 5.27. The lowest BCUT2D eigenvalue weighted by atomic mass is 10.0. The van der Waals surface area contributed by atoms with Crippen molar-refractivity contribution in [3.8, 4) is 0 Å². The molecule has 0 radical (unpaired) electrons. The molecule has 2 rings (SSSR count). The summed E-state index contributed by atoms with van der Waals surface area (Å²) < 4.78 is 26.7. The van der Waals surface area contributed by atoms with E-state index < -0.39 is 16.0 Å². The second-order valence-electron chi connectivity index (χ2n) is 5.32. The van der Waals surface area contributed by atoms with Gasteiger partial charge in [0.1, 0.15) is 0 Å². The van der Waals surface area contributed by atoms with Crippen molar-refractivity contribution in [2.45, 2.75) is 56.2 Å². The molecule has 108 valence electrons. The van der Waals surface area contributed by atoms with Crippen LogP contribution in [0, 0.1) is 0 Å². The van der Waals surface area contributed by atoms with Crippen molar-refractivity contribution >= 4 is 16.0 Å². The van der Waals surface area contributed by atoms with Gasteiger partial charge in [-0.3, -0.25) is 0 Å². The number of hydrogen-bond acceptors (Lipinski definition) is 3. The molecule has 1 atom stereocenters. The van der Waals surface area contributed by atoms with Gasteiger partial charge in [0.2, 0.25) is 10.0 Å². The first-order chi connectivity index (χ1) is 9.01. The zero-order chi connectivity index (χ0) is 13.9. The molecule has 0 aromatic heterocycles. The molecular formula is C13H21NO4S. The molecule has 0 amide bonds.